The van der Waals surface area contributed by atoms with Gasteiger partial charge in [-0.1, -0.05) is 39.2 Å². The number of hydrogen-bond acceptors (Lipinski definition) is 7. The quantitative estimate of drug-likeness (QED) is 0.134. The van der Waals surface area contributed by atoms with E-state index in [4.69, 9.17) is 14.5 Å². The number of aryl methyl sites for hydroxylation is 3. The van der Waals surface area contributed by atoms with Crippen molar-refractivity contribution >= 4 is 11.8 Å². The Bertz CT molecular complexity index is 1060. The van der Waals surface area contributed by atoms with E-state index >= 15 is 0 Å². The molecule has 1 N–H and O–H groups in total. The van der Waals surface area contributed by atoms with E-state index in [9.17, 15) is 14.7 Å². The molecule has 1 atom stereocenters. The Labute approximate surface area is 245 Å². The number of carbonyl (C=O) groups excluding carboxylic acids is 1. The molecule has 226 valence electrons. The zero-order valence-corrected chi connectivity index (χ0v) is 25.1. The number of fused-ring (bicyclic) bond motifs is 1. The van der Waals surface area contributed by atoms with Crippen molar-refractivity contribution in [2.75, 3.05) is 26.4 Å². The molecule has 1 aliphatic rings. The molecular formula is C33H49N3O5. The number of pyridine rings is 1. The number of aliphatic carboxylic acids is 1. The largest absolute Gasteiger partial charge is 0.481 e. The highest BCUT2D eigenvalue weighted by Gasteiger charge is 2.18. The number of carboxylic acids is 1. The average Bonchev–Trinajstić information content (AvgIpc) is 2.97. The van der Waals surface area contributed by atoms with Gasteiger partial charge in [0.25, 0.3) is 0 Å². The fourth-order valence-electron chi connectivity index (χ4n) is 5.19. The first kappa shape index (κ1) is 32.8. The highest BCUT2D eigenvalue weighted by molar-refractivity contribution is 5.92. The predicted octanol–water partition coefficient (Wildman–Crippen LogP) is 6.54. The van der Waals surface area contributed by atoms with Crippen LogP contribution in [0.15, 0.2) is 24.5 Å². The summed E-state index contributed by atoms with van der Waals surface area (Å²) >= 11 is 0. The van der Waals surface area contributed by atoms with Gasteiger partial charge in [-0.3, -0.25) is 14.6 Å². The molecule has 0 saturated carbocycles. The standard InChI is InChI=1S/C33H49N3O5/c1-25(2)17-19-41-21-20-40-18-9-14-31(37)33-34-23-28(24-35-33)27(22-32(38)39)11-5-3-4-6-12-29-16-15-26-10-7-8-13-30(26)36-29/h15-16,23-25,27H,3-14,17-22H2,1-2H3,(H,38,39)/t27-/m0/s1. The van der Waals surface area contributed by atoms with Gasteiger partial charge in [0.1, 0.15) is 0 Å². The summed E-state index contributed by atoms with van der Waals surface area (Å²) in [6.07, 6.45) is 16.0. The zero-order chi connectivity index (χ0) is 29.3. The Morgan fingerprint density at radius 1 is 0.878 bits per heavy atom. The van der Waals surface area contributed by atoms with Crippen molar-refractivity contribution in [2.45, 2.75) is 110 Å². The third kappa shape index (κ3) is 12.8. The molecule has 2 aromatic heterocycles. The predicted molar refractivity (Wildman–Crippen MR) is 159 cm³/mol. The highest BCUT2D eigenvalue weighted by atomic mass is 16.5. The minimum Gasteiger partial charge on any atom is -0.481 e. The summed E-state index contributed by atoms with van der Waals surface area (Å²) in [5, 5.41) is 9.44. The third-order valence-electron chi connectivity index (χ3n) is 7.69. The van der Waals surface area contributed by atoms with Crippen LogP contribution in [0.1, 0.15) is 124 Å². The molecule has 0 amide bonds. The summed E-state index contributed by atoms with van der Waals surface area (Å²) in [5.41, 5.74) is 4.69. The molecule has 0 saturated heterocycles. The molecular weight excluding hydrogens is 518 g/mol. The maximum absolute atomic E-state index is 12.5. The molecule has 41 heavy (non-hydrogen) atoms. The summed E-state index contributed by atoms with van der Waals surface area (Å²) in [5.74, 6) is -0.314. The lowest BCUT2D eigenvalue weighted by Crippen LogP contribution is -2.11. The maximum atomic E-state index is 12.5. The maximum Gasteiger partial charge on any atom is 0.303 e. The molecule has 2 aromatic rings. The van der Waals surface area contributed by atoms with Gasteiger partial charge in [0.05, 0.1) is 19.6 Å². The van der Waals surface area contributed by atoms with Gasteiger partial charge < -0.3 is 14.6 Å². The first-order valence-electron chi connectivity index (χ1n) is 15.6. The van der Waals surface area contributed by atoms with Crippen LogP contribution in [0.5, 0.6) is 0 Å². The van der Waals surface area contributed by atoms with Crippen LogP contribution in [0.4, 0.5) is 0 Å². The lowest BCUT2D eigenvalue weighted by molar-refractivity contribution is -0.137. The third-order valence-corrected chi connectivity index (χ3v) is 7.69. The van der Waals surface area contributed by atoms with Crippen molar-refractivity contribution in [3.63, 3.8) is 0 Å². The fraction of sp³-hybridized carbons (Fsp3) is 0.667. The number of unbranched alkanes of at least 4 members (excludes halogenated alkanes) is 3. The smallest absolute Gasteiger partial charge is 0.303 e. The van der Waals surface area contributed by atoms with Crippen LogP contribution in [-0.4, -0.2) is 58.2 Å². The number of hydrogen-bond donors (Lipinski definition) is 1. The first-order chi connectivity index (χ1) is 19.9. The molecule has 8 heteroatoms. The van der Waals surface area contributed by atoms with Crippen molar-refractivity contribution in [1.29, 1.82) is 0 Å². The summed E-state index contributed by atoms with van der Waals surface area (Å²) in [6, 6.07) is 4.44. The Morgan fingerprint density at radius 3 is 2.37 bits per heavy atom. The van der Waals surface area contributed by atoms with Crippen LogP contribution in [0.3, 0.4) is 0 Å². The molecule has 8 nitrogen and oxygen atoms in total. The van der Waals surface area contributed by atoms with E-state index in [0.717, 1.165) is 70.0 Å². The average molecular weight is 568 g/mol. The van der Waals surface area contributed by atoms with Crippen LogP contribution in [0.2, 0.25) is 0 Å². The second kappa shape index (κ2) is 18.7. The number of ketones is 1. The Balaban J connectivity index is 1.33. The van der Waals surface area contributed by atoms with Gasteiger partial charge in [0, 0.05) is 43.4 Å². The first-order valence-corrected chi connectivity index (χ1v) is 15.6. The van der Waals surface area contributed by atoms with Gasteiger partial charge in [-0.25, -0.2) is 9.97 Å². The van der Waals surface area contributed by atoms with Crippen LogP contribution < -0.4 is 0 Å². The SMILES string of the molecule is CC(C)CCOCCOCCCC(=O)c1ncc([C@@H](CCCCCCc2ccc3c(n2)CCCC3)CC(=O)O)cn1. The summed E-state index contributed by atoms with van der Waals surface area (Å²) in [7, 11) is 0. The molecule has 0 bridgehead atoms. The van der Waals surface area contributed by atoms with Crippen molar-refractivity contribution in [3.8, 4) is 0 Å². The van der Waals surface area contributed by atoms with Crippen LogP contribution in [-0.2, 0) is 33.5 Å². The number of nitrogens with zero attached hydrogens (tertiary/aromatic N) is 3. The van der Waals surface area contributed by atoms with Crippen LogP contribution >= 0.6 is 0 Å². The Hall–Kier alpha value is -2.71. The lowest BCUT2D eigenvalue weighted by Gasteiger charge is -2.16. The van der Waals surface area contributed by atoms with E-state index in [-0.39, 0.29) is 23.9 Å². The van der Waals surface area contributed by atoms with Gasteiger partial charge in [-0.2, -0.15) is 0 Å². The van der Waals surface area contributed by atoms with E-state index in [0.29, 0.717) is 38.6 Å². The molecule has 0 radical (unpaired) electrons. The molecule has 0 aromatic carbocycles. The van der Waals surface area contributed by atoms with Crippen molar-refractivity contribution in [2.24, 2.45) is 5.92 Å². The zero-order valence-electron chi connectivity index (χ0n) is 25.1. The number of aromatic nitrogens is 3. The van der Waals surface area contributed by atoms with E-state index < -0.39 is 5.97 Å². The van der Waals surface area contributed by atoms with Crippen LogP contribution in [0.25, 0.3) is 0 Å². The van der Waals surface area contributed by atoms with E-state index in [2.05, 4.69) is 35.9 Å². The molecule has 0 aliphatic heterocycles. The summed E-state index contributed by atoms with van der Waals surface area (Å²) in [6.45, 7) is 6.65. The van der Waals surface area contributed by atoms with Crippen molar-refractivity contribution in [3.05, 3.63) is 52.9 Å². The summed E-state index contributed by atoms with van der Waals surface area (Å²) in [4.78, 5) is 37.4. The van der Waals surface area contributed by atoms with Crippen molar-refractivity contribution in [1.82, 2.24) is 15.0 Å². The van der Waals surface area contributed by atoms with Gasteiger partial charge in [-0.05, 0) is 86.8 Å². The minimum atomic E-state index is -0.834. The Kier molecular flexibility index (Phi) is 14.9. The number of rotatable bonds is 21. The molecule has 0 fully saturated rings. The fourth-order valence-corrected chi connectivity index (χ4v) is 5.19. The second-order valence-corrected chi connectivity index (χ2v) is 11.6. The normalized spacial score (nSPS) is 13.7. The minimum absolute atomic E-state index is 0.0359. The van der Waals surface area contributed by atoms with E-state index in [1.807, 2.05) is 0 Å². The molecule has 0 unspecified atom stereocenters. The van der Waals surface area contributed by atoms with E-state index in [1.54, 1.807) is 12.4 Å². The molecule has 3 rings (SSSR count). The van der Waals surface area contributed by atoms with E-state index in [1.165, 1.54) is 29.8 Å². The molecule has 1 aliphatic carbocycles. The monoisotopic (exact) mass is 567 g/mol. The van der Waals surface area contributed by atoms with Gasteiger partial charge in [-0.15, -0.1) is 0 Å². The highest BCUT2D eigenvalue weighted by Crippen LogP contribution is 2.26. The molecule has 0 spiro atoms. The summed E-state index contributed by atoms with van der Waals surface area (Å²) < 4.78 is 11.1. The molecule has 2 heterocycles. The number of carbonyl (C=O) groups is 2. The van der Waals surface area contributed by atoms with Crippen molar-refractivity contribution < 1.29 is 24.2 Å². The topological polar surface area (TPSA) is 112 Å². The van der Waals surface area contributed by atoms with Gasteiger partial charge >= 0.3 is 5.97 Å². The number of ether oxygens (including phenoxy) is 2. The Morgan fingerprint density at radius 2 is 1.61 bits per heavy atom. The number of Topliss-reactive ketones (excluding diaryl/α,β-unsaturated/α-hetero) is 1. The lowest BCUT2D eigenvalue weighted by atomic mass is 9.92. The second-order valence-electron chi connectivity index (χ2n) is 11.6. The van der Waals surface area contributed by atoms with Gasteiger partial charge in [0.2, 0.25) is 0 Å². The number of carboxylic acid groups (broad SMARTS) is 1. The van der Waals surface area contributed by atoms with Gasteiger partial charge in [0.15, 0.2) is 11.6 Å². The van der Waals surface area contributed by atoms with Crippen LogP contribution in [0, 0.1) is 5.92 Å².